The molecule has 0 heterocycles. The van der Waals surface area contributed by atoms with Crippen LogP contribution in [-0.2, 0) is 14.8 Å². The number of sulfonamides is 1. The van der Waals surface area contributed by atoms with Crippen molar-refractivity contribution in [3.8, 4) is 5.75 Å². The summed E-state index contributed by atoms with van der Waals surface area (Å²) in [6.07, 6.45) is 6.61. The smallest absolute Gasteiger partial charge is 0.244 e. The van der Waals surface area contributed by atoms with E-state index < -0.39 is 15.9 Å². The van der Waals surface area contributed by atoms with E-state index in [1.165, 1.54) is 42.8 Å². The van der Waals surface area contributed by atoms with Crippen LogP contribution in [0.4, 0.5) is 0 Å². The number of hydrogen-bond donors (Lipinski definition) is 2. The highest BCUT2D eigenvalue weighted by atomic mass is 32.2. The van der Waals surface area contributed by atoms with Gasteiger partial charge in [-0.25, -0.2) is 13.9 Å². The number of nitrogens with one attached hydrogen (secondary N) is 1. The summed E-state index contributed by atoms with van der Waals surface area (Å²) in [6.45, 7) is 0.408. The molecule has 1 aromatic rings. The van der Waals surface area contributed by atoms with Crippen LogP contribution < -0.4 is 10.2 Å². The van der Waals surface area contributed by atoms with Gasteiger partial charge in [0.05, 0.1) is 12.0 Å². The van der Waals surface area contributed by atoms with Gasteiger partial charge in [-0.2, -0.15) is 4.31 Å². The summed E-state index contributed by atoms with van der Waals surface area (Å²) in [5, 5.41) is 8.68. The van der Waals surface area contributed by atoms with E-state index in [2.05, 4.69) is 0 Å². The molecule has 0 spiro atoms. The Morgan fingerprint density at radius 2 is 1.85 bits per heavy atom. The van der Waals surface area contributed by atoms with Crippen LogP contribution in [0.2, 0.25) is 0 Å². The van der Waals surface area contributed by atoms with Gasteiger partial charge in [0.2, 0.25) is 15.9 Å². The SMILES string of the molecule is COc1ccc(S(=O)(=O)N(CCC(=O)NO)CCC2CCCCC2)cc1. The fourth-order valence-electron chi connectivity index (χ4n) is 3.33. The van der Waals surface area contributed by atoms with Gasteiger partial charge in [0.15, 0.2) is 0 Å². The Hall–Kier alpha value is -1.64. The molecule has 146 valence electrons. The van der Waals surface area contributed by atoms with Gasteiger partial charge < -0.3 is 4.74 Å². The molecular weight excluding hydrogens is 356 g/mol. The van der Waals surface area contributed by atoms with Crippen LogP contribution in [-0.4, -0.2) is 44.0 Å². The van der Waals surface area contributed by atoms with Gasteiger partial charge in [-0.3, -0.25) is 10.0 Å². The van der Waals surface area contributed by atoms with Gasteiger partial charge in [0.25, 0.3) is 0 Å². The third-order valence-corrected chi connectivity index (χ3v) is 6.83. The number of rotatable bonds is 9. The molecule has 1 aliphatic rings. The Morgan fingerprint density at radius 1 is 1.19 bits per heavy atom. The van der Waals surface area contributed by atoms with Crippen molar-refractivity contribution in [2.24, 2.45) is 5.92 Å². The minimum absolute atomic E-state index is 0.0352. The number of ether oxygens (including phenoxy) is 1. The van der Waals surface area contributed by atoms with E-state index in [1.807, 2.05) is 0 Å². The number of carbonyl (C=O) groups is 1. The molecular formula is C18H28N2O5S. The molecule has 0 unspecified atom stereocenters. The summed E-state index contributed by atoms with van der Waals surface area (Å²) in [5.41, 5.74) is 1.56. The average molecular weight is 384 g/mol. The van der Waals surface area contributed by atoms with Crippen molar-refractivity contribution in [2.45, 2.75) is 49.8 Å². The fraction of sp³-hybridized carbons (Fsp3) is 0.611. The van der Waals surface area contributed by atoms with Crippen LogP contribution >= 0.6 is 0 Å². The Bertz CT molecular complexity index is 669. The zero-order chi connectivity index (χ0) is 19.0. The summed E-state index contributed by atoms with van der Waals surface area (Å²) < 4.78 is 32.4. The molecule has 1 fully saturated rings. The highest BCUT2D eigenvalue weighted by molar-refractivity contribution is 7.89. The predicted molar refractivity (Wildman–Crippen MR) is 97.5 cm³/mol. The van der Waals surface area contributed by atoms with Crippen molar-refractivity contribution in [3.63, 3.8) is 0 Å². The Labute approximate surface area is 155 Å². The van der Waals surface area contributed by atoms with E-state index in [9.17, 15) is 13.2 Å². The van der Waals surface area contributed by atoms with E-state index in [0.29, 0.717) is 18.2 Å². The summed E-state index contributed by atoms with van der Waals surface area (Å²) in [5.74, 6) is 0.513. The number of hydrogen-bond acceptors (Lipinski definition) is 5. The lowest BCUT2D eigenvalue weighted by Crippen LogP contribution is -2.36. The van der Waals surface area contributed by atoms with Gasteiger partial charge in [-0.1, -0.05) is 32.1 Å². The van der Waals surface area contributed by atoms with Gasteiger partial charge >= 0.3 is 0 Å². The topological polar surface area (TPSA) is 95.9 Å². The number of benzene rings is 1. The van der Waals surface area contributed by atoms with Gasteiger partial charge in [0, 0.05) is 19.5 Å². The molecule has 1 amide bonds. The van der Waals surface area contributed by atoms with Crippen molar-refractivity contribution in [1.29, 1.82) is 0 Å². The summed E-state index contributed by atoms with van der Waals surface area (Å²) in [4.78, 5) is 11.5. The first-order valence-electron chi connectivity index (χ1n) is 9.04. The second-order valence-corrected chi connectivity index (χ2v) is 8.60. The Kier molecular flexibility index (Phi) is 7.86. The lowest BCUT2D eigenvalue weighted by atomic mass is 9.87. The van der Waals surface area contributed by atoms with Crippen molar-refractivity contribution < 1.29 is 23.2 Å². The zero-order valence-corrected chi connectivity index (χ0v) is 16.0. The van der Waals surface area contributed by atoms with Crippen LogP contribution in [0.15, 0.2) is 29.2 Å². The molecule has 0 aromatic heterocycles. The molecule has 8 heteroatoms. The number of methoxy groups -OCH3 is 1. The monoisotopic (exact) mass is 384 g/mol. The van der Waals surface area contributed by atoms with Crippen LogP contribution in [0, 0.1) is 5.92 Å². The van der Waals surface area contributed by atoms with Crippen molar-refractivity contribution in [2.75, 3.05) is 20.2 Å². The number of nitrogens with zero attached hydrogens (tertiary/aromatic N) is 1. The molecule has 0 saturated heterocycles. The maximum absolute atomic E-state index is 13.0. The van der Waals surface area contributed by atoms with Gasteiger partial charge in [0.1, 0.15) is 5.75 Å². The molecule has 2 N–H and O–H groups in total. The van der Waals surface area contributed by atoms with Crippen LogP contribution in [0.5, 0.6) is 5.75 Å². The molecule has 0 atom stereocenters. The van der Waals surface area contributed by atoms with E-state index in [4.69, 9.17) is 9.94 Å². The first kappa shape index (κ1) is 20.7. The Morgan fingerprint density at radius 3 is 2.42 bits per heavy atom. The third-order valence-electron chi connectivity index (χ3n) is 4.92. The number of carbonyl (C=O) groups excluding carboxylic acids is 1. The van der Waals surface area contributed by atoms with E-state index in [1.54, 1.807) is 17.6 Å². The molecule has 1 saturated carbocycles. The molecule has 26 heavy (non-hydrogen) atoms. The molecule has 7 nitrogen and oxygen atoms in total. The van der Waals surface area contributed by atoms with E-state index in [0.717, 1.165) is 19.3 Å². The molecule has 2 rings (SSSR count). The zero-order valence-electron chi connectivity index (χ0n) is 15.2. The van der Waals surface area contributed by atoms with Crippen molar-refractivity contribution in [1.82, 2.24) is 9.79 Å². The standard InChI is InChI=1S/C18H28N2O5S/c1-25-16-7-9-17(10-8-16)26(23,24)20(14-12-18(21)19-22)13-11-15-5-3-2-4-6-15/h7-10,15,22H,2-6,11-14H2,1H3,(H,19,21). The van der Waals surface area contributed by atoms with Crippen LogP contribution in [0.3, 0.4) is 0 Å². The minimum atomic E-state index is -3.71. The number of amides is 1. The number of hydroxylamine groups is 1. The van der Waals surface area contributed by atoms with E-state index >= 15 is 0 Å². The first-order chi connectivity index (χ1) is 12.5. The summed E-state index contributed by atoms with van der Waals surface area (Å²) >= 11 is 0. The fourth-order valence-corrected chi connectivity index (χ4v) is 4.79. The minimum Gasteiger partial charge on any atom is -0.497 e. The van der Waals surface area contributed by atoms with Crippen molar-refractivity contribution >= 4 is 15.9 Å². The summed E-state index contributed by atoms with van der Waals surface area (Å²) in [6, 6.07) is 6.22. The maximum atomic E-state index is 13.0. The molecule has 0 aliphatic heterocycles. The van der Waals surface area contributed by atoms with E-state index in [-0.39, 0.29) is 17.9 Å². The normalized spacial score (nSPS) is 15.8. The molecule has 1 aromatic carbocycles. The molecule has 1 aliphatic carbocycles. The molecule has 0 radical (unpaired) electrons. The highest BCUT2D eigenvalue weighted by Crippen LogP contribution is 2.27. The second-order valence-electron chi connectivity index (χ2n) is 6.66. The highest BCUT2D eigenvalue weighted by Gasteiger charge is 2.26. The lowest BCUT2D eigenvalue weighted by molar-refractivity contribution is -0.129. The largest absolute Gasteiger partial charge is 0.497 e. The Balaban J connectivity index is 2.11. The quantitative estimate of drug-likeness (QED) is 0.504. The van der Waals surface area contributed by atoms with Crippen LogP contribution in [0.1, 0.15) is 44.9 Å². The first-order valence-corrected chi connectivity index (χ1v) is 10.5. The second kappa shape index (κ2) is 9.89. The molecule has 0 bridgehead atoms. The van der Waals surface area contributed by atoms with Crippen molar-refractivity contribution in [3.05, 3.63) is 24.3 Å². The average Bonchev–Trinajstić information content (AvgIpc) is 2.68. The lowest BCUT2D eigenvalue weighted by Gasteiger charge is -2.26. The maximum Gasteiger partial charge on any atom is 0.244 e. The van der Waals surface area contributed by atoms with Crippen LogP contribution in [0.25, 0.3) is 0 Å². The van der Waals surface area contributed by atoms with Gasteiger partial charge in [-0.15, -0.1) is 0 Å². The van der Waals surface area contributed by atoms with Gasteiger partial charge in [-0.05, 0) is 36.6 Å². The predicted octanol–water partition coefficient (Wildman–Crippen LogP) is 2.55. The third kappa shape index (κ3) is 5.69. The summed E-state index contributed by atoms with van der Waals surface area (Å²) in [7, 11) is -2.19.